The van der Waals surface area contributed by atoms with E-state index in [2.05, 4.69) is 0 Å². The molecule has 1 rings (SSSR count). The first-order chi connectivity index (χ1) is 7.72. The Kier molecular flexibility index (Phi) is 5.71. The molecular formula is C11H13Cl2FO2. The third-order valence-electron chi connectivity index (χ3n) is 1.97. The van der Waals surface area contributed by atoms with Crippen molar-refractivity contribution in [1.29, 1.82) is 0 Å². The smallest absolute Gasteiger partial charge is 0.179 e. The molecule has 16 heavy (non-hydrogen) atoms. The summed E-state index contributed by atoms with van der Waals surface area (Å²) >= 11 is 11.7. The second-order valence-corrected chi connectivity index (χ2v) is 3.81. The third kappa shape index (κ3) is 3.42. The summed E-state index contributed by atoms with van der Waals surface area (Å²) in [4.78, 5) is 0. The lowest BCUT2D eigenvalue weighted by Crippen LogP contribution is -2.01. The number of benzene rings is 1. The molecular weight excluding hydrogens is 254 g/mol. The van der Waals surface area contributed by atoms with E-state index in [1.807, 2.05) is 0 Å². The predicted molar refractivity (Wildman–Crippen MR) is 63.6 cm³/mol. The molecule has 0 saturated heterocycles. The summed E-state index contributed by atoms with van der Waals surface area (Å²) in [6.07, 6.45) is 0.330. The van der Waals surface area contributed by atoms with E-state index in [0.29, 0.717) is 28.8 Å². The van der Waals surface area contributed by atoms with Gasteiger partial charge in [0.25, 0.3) is 0 Å². The van der Waals surface area contributed by atoms with Crippen LogP contribution in [0.5, 0.6) is 11.5 Å². The highest BCUT2D eigenvalue weighted by Gasteiger charge is 2.11. The molecule has 0 spiro atoms. The summed E-state index contributed by atoms with van der Waals surface area (Å²) in [7, 11) is 1.52. The van der Waals surface area contributed by atoms with E-state index in [9.17, 15) is 4.39 Å². The minimum absolute atomic E-state index is 0.271. The van der Waals surface area contributed by atoms with Gasteiger partial charge < -0.3 is 9.47 Å². The molecule has 0 heterocycles. The van der Waals surface area contributed by atoms with E-state index in [0.717, 1.165) is 5.56 Å². The molecule has 5 heteroatoms. The highest BCUT2D eigenvalue weighted by Crippen LogP contribution is 2.36. The summed E-state index contributed by atoms with van der Waals surface area (Å²) in [5.74, 6) is 1.30. The Morgan fingerprint density at radius 2 is 2.12 bits per heavy atom. The van der Waals surface area contributed by atoms with Crippen molar-refractivity contribution in [2.24, 2.45) is 0 Å². The van der Waals surface area contributed by atoms with Crippen LogP contribution in [0.15, 0.2) is 12.1 Å². The Balaban J connectivity index is 2.88. The molecule has 0 saturated carbocycles. The van der Waals surface area contributed by atoms with Crippen LogP contribution < -0.4 is 9.47 Å². The van der Waals surface area contributed by atoms with Gasteiger partial charge in [0.2, 0.25) is 0 Å². The second-order valence-electron chi connectivity index (χ2n) is 3.13. The SMILES string of the molecule is COc1cc(CCl)cc(Cl)c1OCCCF. The van der Waals surface area contributed by atoms with Crippen molar-refractivity contribution in [1.82, 2.24) is 0 Å². The fourth-order valence-electron chi connectivity index (χ4n) is 1.22. The Bertz CT molecular complexity index is 345. The molecule has 0 unspecified atom stereocenters. The Morgan fingerprint density at radius 3 is 2.69 bits per heavy atom. The molecule has 1 aromatic carbocycles. The lowest BCUT2D eigenvalue weighted by molar-refractivity contribution is 0.274. The molecule has 90 valence electrons. The van der Waals surface area contributed by atoms with Gasteiger partial charge in [-0.2, -0.15) is 0 Å². The summed E-state index contributed by atoms with van der Waals surface area (Å²) < 4.78 is 22.4. The molecule has 0 aliphatic heterocycles. The van der Waals surface area contributed by atoms with E-state index < -0.39 is 6.67 Å². The summed E-state index contributed by atoms with van der Waals surface area (Å²) in [6.45, 7) is -0.146. The zero-order valence-corrected chi connectivity index (χ0v) is 10.4. The van der Waals surface area contributed by atoms with Crippen molar-refractivity contribution < 1.29 is 13.9 Å². The van der Waals surface area contributed by atoms with Gasteiger partial charge in [0.1, 0.15) is 0 Å². The Morgan fingerprint density at radius 1 is 1.38 bits per heavy atom. The van der Waals surface area contributed by atoms with Crippen LogP contribution in [0.2, 0.25) is 5.02 Å². The number of halogens is 3. The molecule has 0 aliphatic carbocycles. The third-order valence-corrected chi connectivity index (χ3v) is 2.56. The average molecular weight is 267 g/mol. The van der Waals surface area contributed by atoms with Gasteiger partial charge in [-0.1, -0.05) is 11.6 Å². The van der Waals surface area contributed by atoms with Gasteiger partial charge in [-0.25, -0.2) is 0 Å². The summed E-state index contributed by atoms with van der Waals surface area (Å²) in [5.41, 5.74) is 0.848. The first kappa shape index (κ1) is 13.4. The quantitative estimate of drug-likeness (QED) is 0.576. The van der Waals surface area contributed by atoms with Crippen LogP contribution in [-0.4, -0.2) is 20.4 Å². The lowest BCUT2D eigenvalue weighted by Gasteiger charge is -2.13. The first-order valence-corrected chi connectivity index (χ1v) is 5.75. The van der Waals surface area contributed by atoms with Gasteiger partial charge in [-0.05, 0) is 17.7 Å². The molecule has 1 aromatic rings. The zero-order valence-electron chi connectivity index (χ0n) is 8.93. The molecule has 0 fully saturated rings. The highest BCUT2D eigenvalue weighted by atomic mass is 35.5. The van der Waals surface area contributed by atoms with Gasteiger partial charge in [0.05, 0.1) is 25.4 Å². The normalized spacial score (nSPS) is 10.2. The minimum Gasteiger partial charge on any atom is -0.493 e. The van der Waals surface area contributed by atoms with Crippen LogP contribution in [-0.2, 0) is 5.88 Å². The molecule has 0 amide bonds. The van der Waals surface area contributed by atoms with Crippen LogP contribution in [0.3, 0.4) is 0 Å². The van der Waals surface area contributed by atoms with Crippen LogP contribution in [0.1, 0.15) is 12.0 Å². The van der Waals surface area contributed by atoms with Crippen molar-refractivity contribution in [3.63, 3.8) is 0 Å². The highest BCUT2D eigenvalue weighted by molar-refractivity contribution is 6.32. The van der Waals surface area contributed by atoms with E-state index in [-0.39, 0.29) is 6.61 Å². The zero-order chi connectivity index (χ0) is 12.0. The van der Waals surface area contributed by atoms with Crippen molar-refractivity contribution in [3.8, 4) is 11.5 Å². The minimum atomic E-state index is -0.417. The predicted octanol–water partition coefficient (Wildman–Crippen LogP) is 3.83. The number of methoxy groups -OCH3 is 1. The van der Waals surface area contributed by atoms with Gasteiger partial charge in [-0.3, -0.25) is 4.39 Å². The van der Waals surface area contributed by atoms with Crippen molar-refractivity contribution in [3.05, 3.63) is 22.7 Å². The summed E-state index contributed by atoms with van der Waals surface area (Å²) in [6, 6.07) is 3.46. The number of hydrogen-bond donors (Lipinski definition) is 0. The van der Waals surface area contributed by atoms with Crippen molar-refractivity contribution in [2.45, 2.75) is 12.3 Å². The van der Waals surface area contributed by atoms with E-state index in [4.69, 9.17) is 32.7 Å². The molecule has 0 radical (unpaired) electrons. The Labute approximate surface area is 104 Å². The molecule has 0 atom stereocenters. The first-order valence-electron chi connectivity index (χ1n) is 4.84. The number of rotatable bonds is 6. The maximum Gasteiger partial charge on any atom is 0.179 e. The topological polar surface area (TPSA) is 18.5 Å². The fourth-order valence-corrected chi connectivity index (χ4v) is 1.66. The standard InChI is InChI=1S/C11H13Cl2FO2/c1-15-10-6-8(7-12)5-9(13)11(10)16-4-2-3-14/h5-6H,2-4,7H2,1H3. The second kappa shape index (κ2) is 6.81. The van der Waals surface area contributed by atoms with Crippen LogP contribution in [0.4, 0.5) is 4.39 Å². The Hall–Kier alpha value is -0.670. The number of alkyl halides is 2. The van der Waals surface area contributed by atoms with Gasteiger partial charge in [0.15, 0.2) is 11.5 Å². The number of ether oxygens (including phenoxy) is 2. The van der Waals surface area contributed by atoms with Crippen LogP contribution in [0, 0.1) is 0 Å². The largest absolute Gasteiger partial charge is 0.493 e. The lowest BCUT2D eigenvalue weighted by atomic mass is 10.2. The van der Waals surface area contributed by atoms with Crippen LogP contribution in [0.25, 0.3) is 0 Å². The number of hydrogen-bond acceptors (Lipinski definition) is 2. The summed E-state index contributed by atoms with van der Waals surface area (Å²) in [5, 5.41) is 0.425. The van der Waals surface area contributed by atoms with Crippen LogP contribution >= 0.6 is 23.2 Å². The maximum atomic E-state index is 11.9. The van der Waals surface area contributed by atoms with Crippen molar-refractivity contribution >= 4 is 23.2 Å². The molecule has 0 aromatic heterocycles. The van der Waals surface area contributed by atoms with E-state index in [1.165, 1.54) is 7.11 Å². The van der Waals surface area contributed by atoms with Gasteiger partial charge >= 0.3 is 0 Å². The molecule has 0 N–H and O–H groups in total. The fraction of sp³-hybridized carbons (Fsp3) is 0.455. The average Bonchev–Trinajstić information content (AvgIpc) is 2.30. The monoisotopic (exact) mass is 266 g/mol. The van der Waals surface area contributed by atoms with Gasteiger partial charge in [0, 0.05) is 12.3 Å². The molecule has 2 nitrogen and oxygen atoms in total. The van der Waals surface area contributed by atoms with E-state index in [1.54, 1.807) is 12.1 Å². The van der Waals surface area contributed by atoms with E-state index >= 15 is 0 Å². The van der Waals surface area contributed by atoms with Gasteiger partial charge in [-0.15, -0.1) is 11.6 Å². The molecule has 0 bridgehead atoms. The maximum absolute atomic E-state index is 11.9. The van der Waals surface area contributed by atoms with Crippen molar-refractivity contribution in [2.75, 3.05) is 20.4 Å². The molecule has 0 aliphatic rings.